The number of aryl methyl sites for hydroxylation is 1. The molecule has 244 valence electrons. The smallest absolute Gasteiger partial charge is 0.153 e. The molecular formula is C47H29N3O2. The van der Waals surface area contributed by atoms with Crippen molar-refractivity contribution in [3.8, 4) is 16.8 Å². The summed E-state index contributed by atoms with van der Waals surface area (Å²) in [6.07, 6.45) is 5.95. The minimum atomic E-state index is 0.804. The highest BCUT2D eigenvalue weighted by atomic mass is 16.3. The van der Waals surface area contributed by atoms with E-state index in [2.05, 4.69) is 148 Å². The van der Waals surface area contributed by atoms with Crippen molar-refractivity contribution in [2.24, 2.45) is 0 Å². The van der Waals surface area contributed by atoms with Crippen molar-refractivity contribution >= 4 is 88.4 Å². The van der Waals surface area contributed by atoms with Gasteiger partial charge in [0.15, 0.2) is 5.58 Å². The van der Waals surface area contributed by atoms with Gasteiger partial charge in [-0.1, -0.05) is 72.8 Å². The first-order chi connectivity index (χ1) is 25.8. The van der Waals surface area contributed by atoms with E-state index in [-0.39, 0.29) is 0 Å². The van der Waals surface area contributed by atoms with Crippen molar-refractivity contribution in [3.05, 3.63) is 157 Å². The van der Waals surface area contributed by atoms with E-state index in [1.54, 1.807) is 0 Å². The fourth-order valence-electron chi connectivity index (χ4n) is 8.79. The first-order valence-electron chi connectivity index (χ1n) is 17.8. The fourth-order valence-corrected chi connectivity index (χ4v) is 8.79. The van der Waals surface area contributed by atoms with E-state index >= 15 is 0 Å². The molecule has 0 fully saturated rings. The van der Waals surface area contributed by atoms with Crippen LogP contribution in [0.4, 0.5) is 0 Å². The average Bonchev–Trinajstić information content (AvgIpc) is 3.95. The Kier molecular flexibility index (Phi) is 5.55. The average molecular weight is 668 g/mol. The minimum absolute atomic E-state index is 0.804. The highest BCUT2D eigenvalue weighted by Gasteiger charge is 2.25. The van der Waals surface area contributed by atoms with Crippen molar-refractivity contribution < 1.29 is 8.83 Å². The Morgan fingerprint density at radius 3 is 2.08 bits per heavy atom. The number of furan rings is 2. The summed E-state index contributed by atoms with van der Waals surface area (Å²) in [5, 5.41) is 7.09. The van der Waals surface area contributed by atoms with Crippen molar-refractivity contribution in [1.29, 1.82) is 0 Å². The van der Waals surface area contributed by atoms with Crippen molar-refractivity contribution in [1.82, 2.24) is 14.1 Å². The van der Waals surface area contributed by atoms with Gasteiger partial charge in [-0.3, -0.25) is 4.98 Å². The molecule has 5 heterocycles. The summed E-state index contributed by atoms with van der Waals surface area (Å²) in [7, 11) is 0. The first-order valence-corrected chi connectivity index (χ1v) is 17.8. The molecule has 0 bridgehead atoms. The van der Waals surface area contributed by atoms with Gasteiger partial charge in [0.05, 0.1) is 27.5 Å². The lowest BCUT2D eigenvalue weighted by Gasteiger charge is -2.16. The molecule has 0 unspecified atom stereocenters. The number of allylic oxidation sites excluding steroid dienone is 1. The summed E-state index contributed by atoms with van der Waals surface area (Å²) in [6.45, 7) is 0. The van der Waals surface area contributed by atoms with Crippen LogP contribution < -0.4 is 0 Å². The SMILES string of the molecule is C1=C(n2c3ccccc3c3ccccc32)CCc2oc3c(ccc4c3c3ccccc3n4-c3cccc(-c4ccc5oc6cccnc6c5c4)c3)c21. The molecule has 0 atom stereocenters. The van der Waals surface area contributed by atoms with Gasteiger partial charge in [-0.15, -0.1) is 0 Å². The second kappa shape index (κ2) is 10.3. The first kappa shape index (κ1) is 27.9. The third-order valence-corrected chi connectivity index (χ3v) is 11.1. The minimum Gasteiger partial charge on any atom is -0.460 e. The maximum atomic E-state index is 6.88. The zero-order chi connectivity index (χ0) is 33.9. The molecule has 0 saturated heterocycles. The largest absolute Gasteiger partial charge is 0.460 e. The maximum absolute atomic E-state index is 6.88. The molecule has 52 heavy (non-hydrogen) atoms. The lowest BCUT2D eigenvalue weighted by Crippen LogP contribution is -2.03. The number of hydrogen-bond acceptors (Lipinski definition) is 3. The standard InChI is InChI=1S/C47H29N3O2/c1-4-14-38-32(11-1)33-12-2-5-15-39(33)49(38)31-19-23-42-36(27-31)34-20-21-41-45(47(34)52-42)35-13-3-6-16-40(35)50(41)30-10-7-9-28(25-30)29-18-22-43-37(26-29)46-44(51-43)17-8-24-48-46/h1-18,20-22,24-27H,19,23H2. The van der Waals surface area contributed by atoms with Crippen LogP contribution in [0, 0.1) is 0 Å². The summed E-state index contributed by atoms with van der Waals surface area (Å²) >= 11 is 0. The Labute approximate surface area is 297 Å². The number of para-hydroxylation sites is 3. The predicted octanol–water partition coefficient (Wildman–Crippen LogP) is 12.5. The van der Waals surface area contributed by atoms with E-state index in [9.17, 15) is 0 Å². The molecule has 5 heteroatoms. The van der Waals surface area contributed by atoms with Gasteiger partial charge in [-0.2, -0.15) is 0 Å². The Morgan fingerprint density at radius 2 is 1.25 bits per heavy atom. The Bertz CT molecular complexity index is 3260. The molecule has 5 aromatic heterocycles. The second-order valence-corrected chi connectivity index (χ2v) is 13.8. The molecule has 12 rings (SSSR count). The maximum Gasteiger partial charge on any atom is 0.153 e. The molecule has 1 aliphatic rings. The molecule has 5 nitrogen and oxygen atoms in total. The molecule has 0 amide bonds. The van der Waals surface area contributed by atoms with Crippen LogP contribution in [0.1, 0.15) is 17.7 Å². The van der Waals surface area contributed by atoms with Crippen LogP contribution in [0.25, 0.3) is 105 Å². The number of hydrogen-bond donors (Lipinski definition) is 0. The van der Waals surface area contributed by atoms with Crippen LogP contribution >= 0.6 is 0 Å². The normalized spacial score (nSPS) is 13.3. The van der Waals surface area contributed by atoms with Gasteiger partial charge in [-0.25, -0.2) is 0 Å². The van der Waals surface area contributed by atoms with Crippen LogP contribution in [-0.4, -0.2) is 14.1 Å². The van der Waals surface area contributed by atoms with Gasteiger partial charge in [0.25, 0.3) is 0 Å². The summed E-state index contributed by atoms with van der Waals surface area (Å²) < 4.78 is 17.8. The Balaban J connectivity index is 1.04. The molecule has 0 aliphatic heterocycles. The van der Waals surface area contributed by atoms with E-state index in [0.717, 1.165) is 84.9 Å². The number of aromatic nitrogens is 3. The van der Waals surface area contributed by atoms with Gasteiger partial charge < -0.3 is 18.0 Å². The number of fused-ring (bicyclic) bond motifs is 13. The number of nitrogens with zero attached hydrogens (tertiary/aromatic N) is 3. The lowest BCUT2D eigenvalue weighted by molar-refractivity contribution is 0.549. The topological polar surface area (TPSA) is 49.0 Å². The molecule has 0 spiro atoms. The molecule has 1 aliphatic carbocycles. The van der Waals surface area contributed by atoms with Gasteiger partial charge in [0.2, 0.25) is 0 Å². The van der Waals surface area contributed by atoms with E-state index < -0.39 is 0 Å². The van der Waals surface area contributed by atoms with Gasteiger partial charge >= 0.3 is 0 Å². The quantitative estimate of drug-likeness (QED) is 0.188. The predicted molar refractivity (Wildman–Crippen MR) is 213 cm³/mol. The molecule has 11 aromatic rings. The van der Waals surface area contributed by atoms with Gasteiger partial charge in [0.1, 0.15) is 22.4 Å². The zero-order valence-electron chi connectivity index (χ0n) is 28.0. The van der Waals surface area contributed by atoms with Gasteiger partial charge in [-0.05, 0) is 90.4 Å². The van der Waals surface area contributed by atoms with E-state index in [1.807, 2.05) is 18.3 Å². The van der Waals surface area contributed by atoms with Crippen LogP contribution in [0.5, 0.6) is 0 Å². The molecule has 0 saturated carbocycles. The van der Waals surface area contributed by atoms with Crippen LogP contribution in [0.3, 0.4) is 0 Å². The van der Waals surface area contributed by atoms with Crippen molar-refractivity contribution in [2.75, 3.05) is 0 Å². The van der Waals surface area contributed by atoms with Crippen molar-refractivity contribution in [3.63, 3.8) is 0 Å². The number of pyridine rings is 1. The fraction of sp³-hybridized carbons (Fsp3) is 0.0426. The monoisotopic (exact) mass is 667 g/mol. The second-order valence-electron chi connectivity index (χ2n) is 13.8. The highest BCUT2D eigenvalue weighted by Crippen LogP contribution is 2.44. The van der Waals surface area contributed by atoms with Crippen molar-refractivity contribution in [2.45, 2.75) is 12.8 Å². The van der Waals surface area contributed by atoms with Crippen LogP contribution in [0.15, 0.2) is 155 Å². The summed E-state index contributed by atoms with van der Waals surface area (Å²) in [5.41, 5.74) is 14.1. The molecule has 0 N–H and O–H groups in total. The summed E-state index contributed by atoms with van der Waals surface area (Å²) in [5.74, 6) is 1.06. The van der Waals surface area contributed by atoms with Crippen LogP contribution in [0.2, 0.25) is 0 Å². The van der Waals surface area contributed by atoms with Gasteiger partial charge in [0, 0.05) is 56.5 Å². The van der Waals surface area contributed by atoms with Crippen LogP contribution in [-0.2, 0) is 6.42 Å². The molecular weight excluding hydrogens is 639 g/mol. The third-order valence-electron chi connectivity index (χ3n) is 11.1. The molecule has 0 radical (unpaired) electrons. The summed E-state index contributed by atoms with van der Waals surface area (Å²) in [6, 6.07) is 49.8. The lowest BCUT2D eigenvalue weighted by atomic mass is 9.98. The van der Waals surface area contributed by atoms with E-state index in [0.29, 0.717) is 0 Å². The van der Waals surface area contributed by atoms with E-state index in [1.165, 1.54) is 38.5 Å². The number of rotatable bonds is 3. The Morgan fingerprint density at radius 1 is 0.500 bits per heavy atom. The third kappa shape index (κ3) is 3.79. The zero-order valence-corrected chi connectivity index (χ0v) is 28.0. The molecule has 6 aromatic carbocycles. The Hall–Kier alpha value is -6.85. The highest BCUT2D eigenvalue weighted by molar-refractivity contribution is 6.21. The number of benzene rings is 6. The summed E-state index contributed by atoms with van der Waals surface area (Å²) in [4.78, 5) is 4.61. The van der Waals surface area contributed by atoms with E-state index in [4.69, 9.17) is 8.83 Å².